The van der Waals surface area contributed by atoms with Gasteiger partial charge in [-0.15, -0.1) is 0 Å². The van der Waals surface area contributed by atoms with Gasteiger partial charge in [-0.05, 0) is 24.2 Å². The van der Waals surface area contributed by atoms with Crippen molar-refractivity contribution in [3.05, 3.63) is 0 Å². The summed E-state index contributed by atoms with van der Waals surface area (Å²) in [7, 11) is 5.86. The van der Waals surface area contributed by atoms with Crippen molar-refractivity contribution < 1.29 is 4.79 Å². The predicted octanol–water partition coefficient (Wildman–Crippen LogP) is 2.22. The Bertz CT molecular complexity index is 320. The van der Waals surface area contributed by atoms with Gasteiger partial charge in [-0.2, -0.15) is 0 Å². The van der Waals surface area contributed by atoms with Gasteiger partial charge in [0, 0.05) is 32.7 Å². The van der Waals surface area contributed by atoms with Crippen LogP contribution in [0.5, 0.6) is 0 Å². The quantitative estimate of drug-likeness (QED) is 0.667. The summed E-state index contributed by atoms with van der Waals surface area (Å²) in [6, 6.07) is 0. The molecule has 0 aromatic heterocycles. The van der Waals surface area contributed by atoms with Crippen molar-refractivity contribution in [2.45, 2.75) is 47.4 Å². The maximum Gasteiger partial charge on any atom is 0.143 e. The van der Waals surface area contributed by atoms with Gasteiger partial charge in [0.1, 0.15) is 5.78 Å². The van der Waals surface area contributed by atoms with E-state index in [4.69, 9.17) is 7.85 Å². The van der Waals surface area contributed by atoms with Gasteiger partial charge < -0.3 is 4.90 Å². The summed E-state index contributed by atoms with van der Waals surface area (Å²) >= 11 is 0. The zero-order valence-corrected chi connectivity index (χ0v) is 14.0. The largest absolute Gasteiger partial charge is 0.300 e. The highest BCUT2D eigenvalue weighted by Gasteiger charge is 2.30. The molecule has 0 aliphatic carbocycles. The number of carbonyl (C=O) groups is 1. The average Bonchev–Trinajstić information content (AvgIpc) is 2.29. The minimum absolute atomic E-state index is 0.208. The molecule has 1 saturated heterocycles. The number of Topliss-reactive ketones (excluding diaryl/α,β-unsaturated/α-hetero) is 1. The summed E-state index contributed by atoms with van der Waals surface area (Å²) in [4.78, 5) is 15.9. The van der Waals surface area contributed by atoms with Crippen LogP contribution >= 0.6 is 0 Å². The second-order valence-electron chi connectivity index (χ2n) is 7.96. The van der Waals surface area contributed by atoms with Gasteiger partial charge in [0.15, 0.2) is 0 Å². The first kappa shape index (κ1) is 17.7. The lowest BCUT2D eigenvalue weighted by atomic mass is 9.69. The predicted molar refractivity (Wildman–Crippen MR) is 86.3 cm³/mol. The van der Waals surface area contributed by atoms with E-state index in [9.17, 15) is 4.79 Å². The highest BCUT2D eigenvalue weighted by atomic mass is 16.1. The van der Waals surface area contributed by atoms with Crippen molar-refractivity contribution in [1.82, 2.24) is 9.80 Å². The number of carbonyl (C=O) groups excluding carboxylic acids is 1. The lowest BCUT2D eigenvalue weighted by molar-refractivity contribution is -0.118. The first-order valence-electron chi connectivity index (χ1n) is 7.78. The molecular weight excluding hydrogens is 247 g/mol. The van der Waals surface area contributed by atoms with Crippen molar-refractivity contribution in [3.63, 3.8) is 0 Å². The fourth-order valence-corrected chi connectivity index (χ4v) is 3.45. The molecule has 0 aromatic carbocycles. The fraction of sp³-hybridized carbons (Fsp3) is 0.938. The Balaban J connectivity index is 2.40. The molecule has 0 amide bonds. The van der Waals surface area contributed by atoms with Crippen LogP contribution in [0.25, 0.3) is 0 Å². The van der Waals surface area contributed by atoms with Gasteiger partial charge in [0.2, 0.25) is 0 Å². The van der Waals surface area contributed by atoms with Crippen molar-refractivity contribution in [1.29, 1.82) is 0 Å². The van der Waals surface area contributed by atoms with Crippen LogP contribution in [0.15, 0.2) is 0 Å². The maximum atomic E-state index is 11.1. The summed E-state index contributed by atoms with van der Waals surface area (Å²) in [6.45, 7) is 16.7. The first-order valence-corrected chi connectivity index (χ1v) is 7.78. The van der Waals surface area contributed by atoms with Gasteiger partial charge in [-0.3, -0.25) is 9.69 Å². The standard InChI is InChI=1S/C16H31BN2O/c1-14(20)10-18-6-8-19(9-7-18)13-16(4,5)11-15(2,3)12-17/h6-13H2,1-5H3. The highest BCUT2D eigenvalue weighted by Crippen LogP contribution is 2.36. The van der Waals surface area contributed by atoms with E-state index < -0.39 is 0 Å². The number of hydrogen-bond acceptors (Lipinski definition) is 3. The minimum Gasteiger partial charge on any atom is -0.300 e. The van der Waals surface area contributed by atoms with Crippen molar-refractivity contribution in [2.24, 2.45) is 10.8 Å². The van der Waals surface area contributed by atoms with E-state index >= 15 is 0 Å². The van der Waals surface area contributed by atoms with Crippen molar-refractivity contribution in [3.8, 4) is 0 Å². The molecule has 3 nitrogen and oxygen atoms in total. The lowest BCUT2D eigenvalue weighted by Gasteiger charge is -2.41. The Labute approximate surface area is 126 Å². The number of nitrogens with zero attached hydrogens (tertiary/aromatic N) is 2. The number of rotatable bonds is 7. The van der Waals surface area contributed by atoms with Crippen molar-refractivity contribution in [2.75, 3.05) is 39.3 Å². The molecule has 0 saturated carbocycles. The van der Waals surface area contributed by atoms with Crippen molar-refractivity contribution >= 4 is 13.6 Å². The summed E-state index contributed by atoms with van der Waals surface area (Å²) in [5, 5.41) is 0. The van der Waals surface area contributed by atoms with E-state index in [2.05, 4.69) is 37.5 Å². The Kier molecular flexibility index (Phi) is 6.27. The van der Waals surface area contributed by atoms with E-state index in [1.165, 1.54) is 0 Å². The Morgan fingerprint density at radius 2 is 1.50 bits per heavy atom. The molecule has 1 fully saturated rings. The van der Waals surface area contributed by atoms with Crippen LogP contribution in [0.3, 0.4) is 0 Å². The van der Waals surface area contributed by atoms with E-state index in [-0.39, 0.29) is 16.6 Å². The third-order valence-electron chi connectivity index (χ3n) is 4.07. The van der Waals surface area contributed by atoms with Crippen LogP contribution in [0, 0.1) is 10.8 Å². The van der Waals surface area contributed by atoms with E-state index in [1.54, 1.807) is 6.92 Å². The van der Waals surface area contributed by atoms with E-state index in [0.717, 1.165) is 45.5 Å². The highest BCUT2D eigenvalue weighted by molar-refractivity contribution is 6.08. The summed E-state index contributed by atoms with van der Waals surface area (Å²) in [6.07, 6.45) is 1.88. The van der Waals surface area contributed by atoms with Gasteiger partial charge in [-0.25, -0.2) is 0 Å². The Morgan fingerprint density at radius 3 is 1.95 bits per heavy atom. The molecule has 0 bridgehead atoms. The molecule has 114 valence electrons. The van der Waals surface area contributed by atoms with Gasteiger partial charge in [0.05, 0.1) is 14.4 Å². The van der Waals surface area contributed by atoms with E-state index in [0.29, 0.717) is 6.54 Å². The average molecular weight is 278 g/mol. The van der Waals surface area contributed by atoms with Gasteiger partial charge in [-0.1, -0.05) is 34.0 Å². The fourth-order valence-electron chi connectivity index (χ4n) is 3.45. The third kappa shape index (κ3) is 6.40. The molecule has 0 N–H and O–H groups in total. The molecule has 20 heavy (non-hydrogen) atoms. The van der Waals surface area contributed by atoms with Crippen LogP contribution in [0.4, 0.5) is 0 Å². The topological polar surface area (TPSA) is 23.6 Å². The number of piperazine rings is 1. The molecule has 0 aromatic rings. The molecule has 4 heteroatoms. The van der Waals surface area contributed by atoms with Crippen LogP contribution < -0.4 is 0 Å². The molecule has 1 aliphatic rings. The number of hydrogen-bond donors (Lipinski definition) is 0. The molecule has 0 spiro atoms. The summed E-state index contributed by atoms with van der Waals surface area (Å²) in [5.41, 5.74) is 0.492. The Morgan fingerprint density at radius 1 is 1.00 bits per heavy atom. The minimum atomic E-state index is 0.208. The zero-order chi connectivity index (χ0) is 15.4. The molecule has 0 unspecified atom stereocenters. The first-order chi connectivity index (χ1) is 9.13. The molecule has 0 atom stereocenters. The maximum absolute atomic E-state index is 11.1. The third-order valence-corrected chi connectivity index (χ3v) is 4.07. The molecular formula is C16H31BN2O. The zero-order valence-electron chi connectivity index (χ0n) is 14.0. The van der Waals surface area contributed by atoms with Crippen LogP contribution in [-0.4, -0.2) is 62.7 Å². The second-order valence-corrected chi connectivity index (χ2v) is 7.96. The van der Waals surface area contributed by atoms with Gasteiger partial charge >= 0.3 is 0 Å². The Hall–Kier alpha value is -0.345. The van der Waals surface area contributed by atoms with Gasteiger partial charge in [0.25, 0.3) is 0 Å². The number of ketones is 1. The van der Waals surface area contributed by atoms with Crippen LogP contribution in [0.1, 0.15) is 41.0 Å². The second kappa shape index (κ2) is 7.08. The molecule has 1 heterocycles. The monoisotopic (exact) mass is 278 g/mol. The van der Waals surface area contributed by atoms with Crippen LogP contribution in [0.2, 0.25) is 6.32 Å². The SMILES string of the molecule is [B]CC(C)(C)CC(C)(C)CN1CCN(CC(C)=O)CC1. The normalized spacial score (nSPS) is 19.2. The molecule has 1 rings (SSSR count). The molecule has 1 aliphatic heterocycles. The summed E-state index contributed by atoms with van der Waals surface area (Å²) in [5.74, 6) is 0.267. The molecule has 2 radical (unpaired) electrons. The summed E-state index contributed by atoms with van der Waals surface area (Å²) < 4.78 is 0. The smallest absolute Gasteiger partial charge is 0.143 e. The lowest BCUT2D eigenvalue weighted by Crippen LogP contribution is -2.50. The van der Waals surface area contributed by atoms with Crippen LogP contribution in [-0.2, 0) is 4.79 Å². The van der Waals surface area contributed by atoms with E-state index in [1.807, 2.05) is 0 Å².